The van der Waals surface area contributed by atoms with Crippen LogP contribution in [0.15, 0.2) is 174 Å². The predicted molar refractivity (Wildman–Crippen MR) is 522 cm³/mol. The Kier molecular flexibility index (Phi) is 35.1. The van der Waals surface area contributed by atoms with Crippen LogP contribution in [0.3, 0.4) is 0 Å². The Balaban J connectivity index is 0.000000139. The summed E-state index contributed by atoms with van der Waals surface area (Å²) in [6.45, 7) is 8.52. The molecule has 0 bridgehead atoms. The number of aromatic carboxylic acids is 2. The molecule has 4 aliphatic heterocycles. The van der Waals surface area contributed by atoms with Gasteiger partial charge in [-0.05, 0) is 290 Å². The van der Waals surface area contributed by atoms with E-state index in [2.05, 4.69) is 140 Å². The molecule has 4 amide bonds. The van der Waals surface area contributed by atoms with Gasteiger partial charge in [-0.2, -0.15) is 0 Å². The van der Waals surface area contributed by atoms with Crippen molar-refractivity contribution < 1.29 is 91.2 Å². The highest BCUT2D eigenvalue weighted by atomic mass is 79.9. The molecule has 0 radical (unpaired) electrons. The van der Waals surface area contributed by atoms with Gasteiger partial charge in [0.2, 0.25) is 64.0 Å². The fourth-order valence-electron chi connectivity index (χ4n) is 19.0. The van der Waals surface area contributed by atoms with Gasteiger partial charge >= 0.3 is 23.9 Å². The molecule has 35 nitrogen and oxygen atoms in total. The van der Waals surface area contributed by atoms with E-state index in [1.54, 1.807) is 44.5 Å². The number of rotatable bonds is 30. The van der Waals surface area contributed by atoms with Crippen molar-refractivity contribution in [2.45, 2.75) is 236 Å². The van der Waals surface area contributed by atoms with Crippen LogP contribution in [0, 0.1) is 0 Å². The van der Waals surface area contributed by atoms with Crippen LogP contribution in [0.5, 0.6) is 40.8 Å². The van der Waals surface area contributed by atoms with Gasteiger partial charge in [0.05, 0.1) is 54.2 Å². The van der Waals surface area contributed by atoms with Crippen LogP contribution in [-0.2, 0) is 48.3 Å². The molecule has 8 heterocycles. The van der Waals surface area contributed by atoms with Crippen LogP contribution in [0.2, 0.25) is 0 Å². The van der Waals surface area contributed by atoms with E-state index in [0.29, 0.717) is 74.3 Å². The third-order valence-corrected chi connectivity index (χ3v) is 27.2. The van der Waals surface area contributed by atoms with Crippen LogP contribution >= 0.6 is 15.9 Å². The Morgan fingerprint density at radius 1 is 0.379 bits per heavy atom. The zero-order valence-electron chi connectivity index (χ0n) is 79.6. The number of hydrogen-bond donors (Lipinski definition) is 4. The van der Waals surface area contributed by atoms with Gasteiger partial charge < -0.3 is 72.9 Å². The molecule has 4 saturated carbocycles. The summed E-state index contributed by atoms with van der Waals surface area (Å²) < 4.78 is 56.6. The average molecular weight is 1980 g/mol. The maximum atomic E-state index is 12.6. The molecule has 4 N–H and O–H groups in total. The Labute approximate surface area is 820 Å². The number of anilines is 3. The number of carboxylic acid groups (broad SMARTS) is 2. The molecule has 8 fully saturated rings. The minimum Gasteiger partial charge on any atom is -0.497 e. The Morgan fingerprint density at radius 3 is 0.964 bits per heavy atom. The smallest absolute Gasteiger partial charge is 0.364 e. The summed E-state index contributed by atoms with van der Waals surface area (Å²) in [5, 5.41) is 55.5. The number of carboxylic acids is 2. The van der Waals surface area contributed by atoms with E-state index in [1.165, 1.54) is 26.9 Å². The molecule has 4 saturated heterocycles. The number of ether oxygens (including phenoxy) is 9. The molecule has 36 heteroatoms. The second-order valence-corrected chi connectivity index (χ2v) is 36.8. The Morgan fingerprint density at radius 2 is 0.693 bits per heavy atom. The topological polar surface area (TPSA) is 416 Å². The number of benzene rings is 7. The number of H-pyrrole nitrogens is 1. The molecule has 4 aliphatic carbocycles. The normalized spacial score (nSPS) is 19.9. The highest BCUT2D eigenvalue weighted by molar-refractivity contribution is 9.10. The summed E-state index contributed by atoms with van der Waals surface area (Å²) >= 11 is 3.50. The highest BCUT2D eigenvalue weighted by Gasteiger charge is 2.36. The monoisotopic (exact) mass is 1980 g/mol. The molecule has 7 aromatic carbocycles. The van der Waals surface area contributed by atoms with Gasteiger partial charge in [-0.25, -0.2) is 38.3 Å². The number of carbonyl (C=O) groups excluding carboxylic acids is 6. The average Bonchev–Trinajstić information content (AvgIpc) is 1.68. The summed E-state index contributed by atoms with van der Waals surface area (Å²) in [5.74, 6) is 2.57. The molecule has 4 aromatic heterocycles. The van der Waals surface area contributed by atoms with Gasteiger partial charge in [0.25, 0.3) is 5.88 Å². The van der Waals surface area contributed by atoms with E-state index in [4.69, 9.17) is 47.7 Å². The molecule has 8 aliphatic rings. The SMILES string of the molecule is CCOC(=O)c1nnn(Cc2ccc(OC)cc2)c1OC1CCC(c2ccc(Br)cc2)CC1.CCOC(=O)c1nnn(Cc2ccc(OC)cc2)c1OC1CCC(c2ccc(N3CCCC3=O)cc2)CC1.COc1ccc(Cn2nnc(C(=O)O)c2OC2CCC(c3ccc(N4CCCC4=O)cc3)CC2)cc1.O=C(O)c1[nH]nnc1OC1CCC(c2ccc(N3CCCC3=O)cc2)CC1.O=C1CCCN1. The maximum absolute atomic E-state index is 12.6. The summed E-state index contributed by atoms with van der Waals surface area (Å²) in [4.78, 5) is 99.5. The summed E-state index contributed by atoms with van der Waals surface area (Å²) in [7, 11) is 4.87. The van der Waals surface area contributed by atoms with Crippen molar-refractivity contribution in [1.82, 2.24) is 65.7 Å². The quantitative estimate of drug-likeness (QED) is 0.0304. The standard InChI is InChI=1S/C29H34N4O5.C27H30N4O5.C25H28BrN3O4.C19H22N4O4.C4H7NO/c1-3-37-29(35)27-28(33(31-30-27)19-20-6-14-24(36-2)15-7-20)38-25-16-10-22(11-17-25)21-8-12-23(13-9-21)32-18-4-5-26(32)34;1-35-22-12-4-18(5-13-22)17-31-26(25(27(33)34)28-29-31)36-23-14-8-20(9-15-23)19-6-10-21(11-7-19)30-16-2-3-24(30)32;1-3-32-25(30)23-24(29(28-27-23)16-17-4-12-21(31-2)13-5-17)33-22-14-8-19(9-15-22)18-6-10-20(26)11-7-18;24-16-2-1-11-23(16)14-7-3-12(4-8-14)13-5-9-15(10-6-13)27-18-17(19(25)26)20-22-21-18;6-4-2-1-3-5-4/h6-9,12-15,22,25H,3-5,10-11,16-19H2,1-2H3;4-7,10-13,20,23H,2-3,8-9,14-17H2,1H3,(H,33,34);4-7,10-13,19,22H,3,8-9,14-16H2,1-2H3;3-4,7-8,13,15H,1-2,5-6,9-11H2,(H,25,26)(H,20,21,22);1-3H2,(H,5,6). The molecule has 0 atom stereocenters. The van der Waals surface area contributed by atoms with Crippen LogP contribution in [0.4, 0.5) is 17.1 Å². The van der Waals surface area contributed by atoms with E-state index in [0.717, 1.165) is 216 Å². The molecule has 0 unspecified atom stereocenters. The summed E-state index contributed by atoms with van der Waals surface area (Å²) in [6, 6.07) is 56.5. The van der Waals surface area contributed by atoms with Crippen molar-refractivity contribution in [2.75, 3.05) is 75.4 Å². The fourth-order valence-corrected chi connectivity index (χ4v) is 19.3. The van der Waals surface area contributed by atoms with Crippen molar-refractivity contribution in [3.05, 3.63) is 236 Å². The van der Waals surface area contributed by atoms with Gasteiger partial charge in [0.1, 0.15) is 41.7 Å². The lowest BCUT2D eigenvalue weighted by Gasteiger charge is -2.29. The van der Waals surface area contributed by atoms with Crippen molar-refractivity contribution in [3.63, 3.8) is 0 Å². The highest BCUT2D eigenvalue weighted by Crippen LogP contribution is 2.42. The van der Waals surface area contributed by atoms with E-state index in [9.17, 15) is 43.5 Å². The van der Waals surface area contributed by atoms with E-state index < -0.39 is 23.9 Å². The minimum atomic E-state index is -1.16. The molecular formula is C104H121BrN16O19. The number of nitrogens with zero attached hydrogens (tertiary/aromatic N) is 14. The number of carbonyl (C=O) groups is 8. The number of nitrogens with one attached hydrogen (secondary N) is 2. The zero-order valence-corrected chi connectivity index (χ0v) is 81.2. The molecule has 738 valence electrons. The van der Waals surface area contributed by atoms with E-state index in [1.807, 2.05) is 112 Å². The van der Waals surface area contributed by atoms with Gasteiger partial charge in [0.15, 0.2) is 0 Å². The molecular weight excluding hydrogens is 1860 g/mol. The van der Waals surface area contributed by atoms with Crippen LogP contribution in [0.1, 0.15) is 273 Å². The van der Waals surface area contributed by atoms with Crippen LogP contribution < -0.4 is 53.2 Å². The maximum Gasteiger partial charge on any atom is 0.364 e. The minimum absolute atomic E-state index is 0.00186. The lowest BCUT2D eigenvalue weighted by atomic mass is 9.82. The predicted octanol–water partition coefficient (Wildman–Crippen LogP) is 17.0. The molecule has 140 heavy (non-hydrogen) atoms. The van der Waals surface area contributed by atoms with Crippen molar-refractivity contribution >= 4 is 80.5 Å². The first kappa shape index (κ1) is 100. The molecule has 0 spiro atoms. The summed E-state index contributed by atoms with van der Waals surface area (Å²) in [6.07, 6.45) is 20.9. The number of aromatic amines is 1. The second kappa shape index (κ2) is 49.0. The van der Waals surface area contributed by atoms with Gasteiger partial charge in [-0.15, -0.1) is 15.3 Å². The van der Waals surface area contributed by atoms with E-state index >= 15 is 0 Å². The first-order chi connectivity index (χ1) is 68.1. The lowest BCUT2D eigenvalue weighted by Crippen LogP contribution is -2.26. The number of methoxy groups -OCH3 is 3. The van der Waals surface area contributed by atoms with Crippen LogP contribution in [-0.4, -0.2) is 203 Å². The number of halogens is 1. The third kappa shape index (κ3) is 26.5. The fraction of sp³-hybridized carbons (Fsp3) is 0.442. The van der Waals surface area contributed by atoms with Gasteiger partial charge in [-0.3, -0.25) is 19.2 Å². The van der Waals surface area contributed by atoms with E-state index in [-0.39, 0.29) is 95.8 Å². The Bertz CT molecular complexity index is 5940. The molecule has 19 rings (SSSR count). The van der Waals surface area contributed by atoms with Gasteiger partial charge in [-0.1, -0.05) is 127 Å². The molecule has 11 aromatic rings. The number of aromatic nitrogens is 12. The first-order valence-electron chi connectivity index (χ1n) is 48.5. The first-order valence-corrected chi connectivity index (χ1v) is 49.3. The lowest BCUT2D eigenvalue weighted by molar-refractivity contribution is -0.119. The van der Waals surface area contributed by atoms with Crippen molar-refractivity contribution in [1.29, 1.82) is 0 Å². The number of hydrogen-bond acceptors (Lipinski definition) is 25. The number of esters is 2. The van der Waals surface area contributed by atoms with Crippen LogP contribution in [0.25, 0.3) is 0 Å². The van der Waals surface area contributed by atoms with Crippen molar-refractivity contribution in [2.24, 2.45) is 0 Å². The van der Waals surface area contributed by atoms with Gasteiger partial charge in [0, 0.05) is 73.4 Å². The third-order valence-electron chi connectivity index (χ3n) is 26.7. The largest absolute Gasteiger partial charge is 0.497 e. The summed E-state index contributed by atoms with van der Waals surface area (Å²) in [5.41, 5.74) is 11.0. The Hall–Kier alpha value is -14.1. The number of amides is 4. The zero-order chi connectivity index (χ0) is 98.0. The second-order valence-electron chi connectivity index (χ2n) is 35.9. The van der Waals surface area contributed by atoms with Crippen molar-refractivity contribution in [3.8, 4) is 40.8 Å².